The Morgan fingerprint density at radius 3 is 3.08 bits per heavy atom. The second-order valence-corrected chi connectivity index (χ2v) is 3.31. The van der Waals surface area contributed by atoms with Crippen LogP contribution in [0.15, 0.2) is 22.8 Å². The van der Waals surface area contributed by atoms with Crippen LogP contribution in [0.25, 0.3) is 10.9 Å². The van der Waals surface area contributed by atoms with Gasteiger partial charge in [-0.05, 0) is 28.1 Å². The fraction of sp³-hybridized carbons (Fsp3) is 0. The van der Waals surface area contributed by atoms with Gasteiger partial charge in [0.15, 0.2) is 0 Å². The van der Waals surface area contributed by atoms with Gasteiger partial charge in [0.05, 0.1) is 11.7 Å². The lowest BCUT2D eigenvalue weighted by molar-refractivity contribution is 0.112. The third-order valence-electron chi connectivity index (χ3n) is 1.66. The van der Waals surface area contributed by atoms with E-state index in [1.807, 2.05) is 0 Å². The number of aromatic nitrogens is 2. The van der Waals surface area contributed by atoms with Crippen LogP contribution in [0.3, 0.4) is 0 Å². The van der Waals surface area contributed by atoms with Crippen molar-refractivity contribution in [2.24, 2.45) is 0 Å². The molecule has 0 fully saturated rings. The molecule has 2 aromatic rings. The zero-order chi connectivity index (χ0) is 8.55. The van der Waals surface area contributed by atoms with Crippen LogP contribution in [-0.4, -0.2) is 16.5 Å². The monoisotopic (exact) mass is 224 g/mol. The molecule has 0 atom stereocenters. The molecule has 12 heavy (non-hydrogen) atoms. The number of aldehydes is 1. The van der Waals surface area contributed by atoms with Gasteiger partial charge in [0.1, 0.15) is 6.29 Å². The van der Waals surface area contributed by atoms with E-state index in [-0.39, 0.29) is 0 Å². The second kappa shape index (κ2) is 2.71. The summed E-state index contributed by atoms with van der Waals surface area (Å²) < 4.78 is 0.861. The predicted molar refractivity (Wildman–Crippen MR) is 49.2 cm³/mol. The van der Waals surface area contributed by atoms with E-state index in [0.29, 0.717) is 5.56 Å². The molecule has 4 heteroatoms. The Morgan fingerprint density at radius 1 is 1.50 bits per heavy atom. The largest absolute Gasteiger partial charge is 0.298 e. The maximum atomic E-state index is 10.5. The number of rotatable bonds is 1. The van der Waals surface area contributed by atoms with Crippen molar-refractivity contribution in [2.45, 2.75) is 0 Å². The van der Waals surface area contributed by atoms with Crippen LogP contribution in [0.2, 0.25) is 0 Å². The number of benzene rings is 1. The van der Waals surface area contributed by atoms with E-state index >= 15 is 0 Å². The minimum atomic E-state index is 0.649. The molecule has 0 amide bonds. The molecule has 3 nitrogen and oxygen atoms in total. The third-order valence-corrected chi connectivity index (χ3v) is 2.28. The summed E-state index contributed by atoms with van der Waals surface area (Å²) in [4.78, 5) is 10.5. The topological polar surface area (TPSA) is 45.8 Å². The molecule has 0 aliphatic heterocycles. The smallest absolute Gasteiger partial charge is 0.150 e. The summed E-state index contributed by atoms with van der Waals surface area (Å²) in [5.74, 6) is 0. The van der Waals surface area contributed by atoms with E-state index in [2.05, 4.69) is 26.1 Å². The fourth-order valence-electron chi connectivity index (χ4n) is 1.10. The summed E-state index contributed by atoms with van der Waals surface area (Å²) in [5, 5.41) is 7.63. The number of halogens is 1. The number of nitrogens with one attached hydrogen (secondary N) is 1. The van der Waals surface area contributed by atoms with Crippen molar-refractivity contribution in [3.8, 4) is 0 Å². The first-order chi connectivity index (χ1) is 5.81. The summed E-state index contributed by atoms with van der Waals surface area (Å²) in [6.45, 7) is 0. The zero-order valence-corrected chi connectivity index (χ0v) is 7.63. The van der Waals surface area contributed by atoms with E-state index in [1.165, 1.54) is 0 Å². The van der Waals surface area contributed by atoms with E-state index in [4.69, 9.17) is 0 Å². The Labute approximate surface area is 76.9 Å². The third kappa shape index (κ3) is 1.04. The maximum absolute atomic E-state index is 10.5. The highest BCUT2D eigenvalue weighted by Gasteiger charge is 2.02. The van der Waals surface area contributed by atoms with Crippen molar-refractivity contribution in [3.05, 3.63) is 28.4 Å². The molecule has 0 bridgehead atoms. The molecule has 1 aromatic carbocycles. The quantitative estimate of drug-likeness (QED) is 0.755. The van der Waals surface area contributed by atoms with Crippen LogP contribution in [0.5, 0.6) is 0 Å². The molecule has 0 aliphatic rings. The van der Waals surface area contributed by atoms with Gasteiger partial charge in [-0.3, -0.25) is 9.89 Å². The first-order valence-corrected chi connectivity index (χ1v) is 4.18. The van der Waals surface area contributed by atoms with Gasteiger partial charge in [0.25, 0.3) is 0 Å². The Kier molecular flexibility index (Phi) is 1.69. The molecule has 1 N–H and O–H groups in total. The van der Waals surface area contributed by atoms with Crippen LogP contribution in [0, 0.1) is 0 Å². The van der Waals surface area contributed by atoms with Crippen molar-refractivity contribution >= 4 is 33.1 Å². The zero-order valence-electron chi connectivity index (χ0n) is 6.04. The SMILES string of the molecule is O=Cc1cc(Br)c2[nH]ncc2c1. The normalized spacial score (nSPS) is 10.4. The standard InChI is InChI=1S/C8H5BrN2O/c9-7-2-5(4-12)1-6-3-10-11-8(6)7/h1-4H,(H,10,11). The van der Waals surface area contributed by atoms with Crippen molar-refractivity contribution in [1.82, 2.24) is 10.2 Å². The molecule has 0 unspecified atom stereocenters. The van der Waals surface area contributed by atoms with Gasteiger partial charge in [0.2, 0.25) is 0 Å². The Hall–Kier alpha value is -1.16. The molecular formula is C8H5BrN2O. The minimum Gasteiger partial charge on any atom is -0.298 e. The molecule has 1 heterocycles. The van der Waals surface area contributed by atoms with E-state index < -0.39 is 0 Å². The highest BCUT2D eigenvalue weighted by molar-refractivity contribution is 9.10. The van der Waals surface area contributed by atoms with Crippen molar-refractivity contribution < 1.29 is 4.79 Å². The maximum Gasteiger partial charge on any atom is 0.150 e. The number of H-pyrrole nitrogens is 1. The lowest BCUT2D eigenvalue weighted by Crippen LogP contribution is -1.80. The molecule has 0 saturated heterocycles. The lowest BCUT2D eigenvalue weighted by Gasteiger charge is -1.94. The van der Waals surface area contributed by atoms with Crippen LogP contribution in [0.1, 0.15) is 10.4 Å². The molecule has 0 saturated carbocycles. The van der Waals surface area contributed by atoms with Crippen LogP contribution in [-0.2, 0) is 0 Å². The number of carbonyl (C=O) groups excluding carboxylic acids is 1. The first-order valence-electron chi connectivity index (χ1n) is 3.39. The van der Waals surface area contributed by atoms with Gasteiger partial charge in [-0.15, -0.1) is 0 Å². The Morgan fingerprint density at radius 2 is 2.33 bits per heavy atom. The van der Waals surface area contributed by atoms with Gasteiger partial charge in [0, 0.05) is 15.4 Å². The van der Waals surface area contributed by atoms with E-state index in [9.17, 15) is 4.79 Å². The average Bonchev–Trinajstić information content (AvgIpc) is 2.52. The summed E-state index contributed by atoms with van der Waals surface area (Å²) in [5.41, 5.74) is 1.57. The molecule has 0 radical (unpaired) electrons. The van der Waals surface area contributed by atoms with Crippen molar-refractivity contribution in [1.29, 1.82) is 0 Å². The Bertz CT molecular complexity index is 436. The Balaban J connectivity index is 2.83. The number of fused-ring (bicyclic) bond motifs is 1. The predicted octanol–water partition coefficient (Wildman–Crippen LogP) is 2.14. The second-order valence-electron chi connectivity index (χ2n) is 2.45. The van der Waals surface area contributed by atoms with E-state index in [0.717, 1.165) is 21.7 Å². The summed E-state index contributed by atoms with van der Waals surface area (Å²) >= 11 is 3.34. The van der Waals surface area contributed by atoms with Crippen LogP contribution in [0.4, 0.5) is 0 Å². The number of carbonyl (C=O) groups is 1. The van der Waals surface area contributed by atoms with Gasteiger partial charge < -0.3 is 0 Å². The summed E-state index contributed by atoms with van der Waals surface area (Å²) in [6.07, 6.45) is 2.50. The van der Waals surface area contributed by atoms with Crippen LogP contribution < -0.4 is 0 Å². The average molecular weight is 225 g/mol. The number of hydrogen-bond acceptors (Lipinski definition) is 2. The van der Waals surface area contributed by atoms with Gasteiger partial charge in [-0.25, -0.2) is 0 Å². The van der Waals surface area contributed by atoms with E-state index in [1.54, 1.807) is 18.3 Å². The fourth-order valence-corrected chi connectivity index (χ4v) is 1.69. The molecule has 0 spiro atoms. The van der Waals surface area contributed by atoms with Gasteiger partial charge in [-0.1, -0.05) is 0 Å². The molecule has 0 aliphatic carbocycles. The number of aromatic amines is 1. The highest BCUT2D eigenvalue weighted by Crippen LogP contribution is 2.22. The minimum absolute atomic E-state index is 0.649. The highest BCUT2D eigenvalue weighted by atomic mass is 79.9. The number of hydrogen-bond donors (Lipinski definition) is 1. The van der Waals surface area contributed by atoms with Crippen molar-refractivity contribution in [3.63, 3.8) is 0 Å². The van der Waals surface area contributed by atoms with Gasteiger partial charge in [-0.2, -0.15) is 5.10 Å². The molecule has 1 aromatic heterocycles. The molecule has 60 valence electrons. The molecular weight excluding hydrogens is 220 g/mol. The lowest BCUT2D eigenvalue weighted by atomic mass is 10.2. The van der Waals surface area contributed by atoms with Crippen molar-refractivity contribution in [2.75, 3.05) is 0 Å². The van der Waals surface area contributed by atoms with Crippen LogP contribution >= 0.6 is 15.9 Å². The number of nitrogens with zero attached hydrogens (tertiary/aromatic N) is 1. The summed E-state index contributed by atoms with van der Waals surface area (Å²) in [6, 6.07) is 3.55. The van der Waals surface area contributed by atoms with Gasteiger partial charge >= 0.3 is 0 Å². The summed E-state index contributed by atoms with van der Waals surface area (Å²) in [7, 11) is 0. The molecule has 2 rings (SSSR count). The first kappa shape index (κ1) is 7.49.